The van der Waals surface area contributed by atoms with Crippen LogP contribution in [-0.4, -0.2) is 36.8 Å². The van der Waals surface area contributed by atoms with Gasteiger partial charge in [-0.2, -0.15) is 5.10 Å². The zero-order valence-electron chi connectivity index (χ0n) is 15.8. The average molecular weight is 378 g/mol. The second kappa shape index (κ2) is 7.30. The molecule has 2 N–H and O–H groups in total. The molecule has 4 rings (SSSR count). The quantitative estimate of drug-likeness (QED) is 0.536. The summed E-state index contributed by atoms with van der Waals surface area (Å²) in [5, 5.41) is 8.84. The lowest BCUT2D eigenvalue weighted by Crippen LogP contribution is -2.34. The highest BCUT2D eigenvalue weighted by molar-refractivity contribution is 6.08. The van der Waals surface area contributed by atoms with Crippen LogP contribution in [0.25, 0.3) is 21.8 Å². The number of fused-ring (bicyclic) bond motifs is 3. The van der Waals surface area contributed by atoms with Crippen molar-refractivity contribution in [3.63, 3.8) is 0 Å². The van der Waals surface area contributed by atoms with E-state index in [1.165, 1.54) is 4.68 Å². The van der Waals surface area contributed by atoms with Crippen molar-refractivity contribution in [1.82, 2.24) is 29.6 Å². The van der Waals surface area contributed by atoms with Crippen LogP contribution >= 0.6 is 0 Å². The van der Waals surface area contributed by atoms with E-state index in [0.29, 0.717) is 24.9 Å². The standard InChI is InChI=1S/C20H22N6O2/c1-3-16(19(27)22-9-8-13-10-21-12-23-13)26-17-7-5-4-6-14(17)15-11-24-25(2)20(28)18(15)26/h4-7,10-12,16H,3,8-9H2,1-2H3,(H,21,23)(H,22,27). The topological polar surface area (TPSA) is 97.6 Å². The highest BCUT2D eigenvalue weighted by Crippen LogP contribution is 2.30. The molecule has 0 bridgehead atoms. The Hall–Kier alpha value is -3.42. The number of aromatic nitrogens is 5. The number of amides is 1. The molecule has 0 aliphatic heterocycles. The molecule has 1 aromatic carbocycles. The fraction of sp³-hybridized carbons (Fsp3) is 0.300. The van der Waals surface area contributed by atoms with Gasteiger partial charge in [-0.15, -0.1) is 0 Å². The van der Waals surface area contributed by atoms with E-state index >= 15 is 0 Å². The first-order valence-corrected chi connectivity index (χ1v) is 9.31. The summed E-state index contributed by atoms with van der Waals surface area (Å²) in [5.74, 6) is -0.108. The molecule has 0 spiro atoms. The van der Waals surface area contributed by atoms with E-state index in [4.69, 9.17) is 0 Å². The molecular weight excluding hydrogens is 356 g/mol. The van der Waals surface area contributed by atoms with E-state index in [9.17, 15) is 9.59 Å². The second-order valence-electron chi connectivity index (χ2n) is 6.76. The molecule has 144 valence electrons. The number of hydrogen-bond acceptors (Lipinski definition) is 4. The lowest BCUT2D eigenvalue weighted by Gasteiger charge is -2.19. The van der Waals surface area contributed by atoms with Gasteiger partial charge in [0.05, 0.1) is 18.0 Å². The van der Waals surface area contributed by atoms with Crippen molar-refractivity contribution >= 4 is 27.7 Å². The number of imidazole rings is 1. The minimum Gasteiger partial charge on any atom is -0.354 e. The molecule has 0 radical (unpaired) electrons. The predicted molar refractivity (Wildman–Crippen MR) is 107 cm³/mol. The Labute approximate surface area is 161 Å². The Kier molecular flexibility index (Phi) is 4.68. The summed E-state index contributed by atoms with van der Waals surface area (Å²) in [6, 6.07) is 7.25. The number of H-pyrrole nitrogens is 1. The predicted octanol–water partition coefficient (Wildman–Crippen LogP) is 1.92. The fourth-order valence-electron chi connectivity index (χ4n) is 3.66. The molecular formula is C20H22N6O2. The van der Waals surface area contributed by atoms with Crippen molar-refractivity contribution in [2.24, 2.45) is 7.05 Å². The van der Waals surface area contributed by atoms with Crippen LogP contribution in [0.4, 0.5) is 0 Å². The van der Waals surface area contributed by atoms with E-state index in [2.05, 4.69) is 20.4 Å². The van der Waals surface area contributed by atoms with Crippen molar-refractivity contribution in [2.45, 2.75) is 25.8 Å². The van der Waals surface area contributed by atoms with Crippen LogP contribution in [-0.2, 0) is 18.3 Å². The number of benzene rings is 1. The maximum Gasteiger partial charge on any atom is 0.291 e. The molecule has 1 unspecified atom stereocenters. The largest absolute Gasteiger partial charge is 0.354 e. The number of carbonyl (C=O) groups is 1. The van der Waals surface area contributed by atoms with E-state index in [0.717, 1.165) is 22.0 Å². The summed E-state index contributed by atoms with van der Waals surface area (Å²) in [4.78, 5) is 32.9. The normalized spacial score (nSPS) is 12.5. The van der Waals surface area contributed by atoms with Crippen LogP contribution < -0.4 is 10.9 Å². The van der Waals surface area contributed by atoms with Crippen LogP contribution in [0.15, 0.2) is 47.8 Å². The molecule has 28 heavy (non-hydrogen) atoms. The molecule has 0 aliphatic carbocycles. The first-order chi connectivity index (χ1) is 13.6. The summed E-state index contributed by atoms with van der Waals surface area (Å²) in [6.07, 6.45) is 6.29. The minimum absolute atomic E-state index is 0.108. The SMILES string of the molecule is CCC(C(=O)NCCc1cnc[nH]1)n1c2ccccc2c2cnn(C)c(=O)c21. The Morgan fingerprint density at radius 2 is 2.07 bits per heavy atom. The van der Waals surface area contributed by atoms with Gasteiger partial charge in [0.2, 0.25) is 5.91 Å². The Bertz CT molecular complexity index is 1190. The number of nitrogens with zero attached hydrogens (tertiary/aromatic N) is 4. The highest BCUT2D eigenvalue weighted by Gasteiger charge is 2.25. The Morgan fingerprint density at radius 1 is 1.25 bits per heavy atom. The minimum atomic E-state index is -0.487. The number of aromatic amines is 1. The summed E-state index contributed by atoms with van der Waals surface area (Å²) >= 11 is 0. The second-order valence-corrected chi connectivity index (χ2v) is 6.76. The first-order valence-electron chi connectivity index (χ1n) is 9.31. The number of carbonyl (C=O) groups excluding carboxylic acids is 1. The van der Waals surface area contributed by atoms with Crippen LogP contribution in [0.5, 0.6) is 0 Å². The molecule has 0 saturated carbocycles. The molecule has 1 atom stereocenters. The molecule has 8 nitrogen and oxygen atoms in total. The number of hydrogen-bond donors (Lipinski definition) is 2. The molecule has 8 heteroatoms. The van der Waals surface area contributed by atoms with Crippen molar-refractivity contribution in [3.8, 4) is 0 Å². The van der Waals surface area contributed by atoms with Crippen molar-refractivity contribution in [1.29, 1.82) is 0 Å². The third-order valence-corrected chi connectivity index (χ3v) is 5.06. The number of nitrogens with one attached hydrogen (secondary N) is 2. The lowest BCUT2D eigenvalue weighted by atomic mass is 10.2. The average Bonchev–Trinajstić information content (AvgIpc) is 3.33. The van der Waals surface area contributed by atoms with E-state index < -0.39 is 6.04 Å². The van der Waals surface area contributed by atoms with Gasteiger partial charge in [0.25, 0.3) is 5.56 Å². The molecule has 1 amide bonds. The van der Waals surface area contributed by atoms with Crippen LogP contribution in [0, 0.1) is 0 Å². The van der Waals surface area contributed by atoms with Gasteiger partial charge >= 0.3 is 0 Å². The van der Waals surface area contributed by atoms with Crippen LogP contribution in [0.1, 0.15) is 25.1 Å². The van der Waals surface area contributed by atoms with Crippen molar-refractivity contribution in [2.75, 3.05) is 6.54 Å². The number of para-hydroxylation sites is 1. The molecule has 4 aromatic rings. The highest BCUT2D eigenvalue weighted by atomic mass is 16.2. The number of rotatable bonds is 6. The fourth-order valence-corrected chi connectivity index (χ4v) is 3.66. The number of aryl methyl sites for hydroxylation is 1. The third kappa shape index (κ3) is 2.96. The lowest BCUT2D eigenvalue weighted by molar-refractivity contribution is -0.124. The molecule has 0 saturated heterocycles. The Balaban J connectivity index is 1.75. The zero-order chi connectivity index (χ0) is 19.7. The first kappa shape index (κ1) is 18.0. The maximum absolute atomic E-state index is 13.0. The van der Waals surface area contributed by atoms with Gasteiger partial charge in [-0.05, 0) is 12.5 Å². The van der Waals surface area contributed by atoms with Gasteiger partial charge in [0, 0.05) is 42.7 Å². The van der Waals surface area contributed by atoms with Gasteiger partial charge in [-0.3, -0.25) is 9.59 Å². The third-order valence-electron chi connectivity index (χ3n) is 5.06. The van der Waals surface area contributed by atoms with E-state index in [1.54, 1.807) is 25.8 Å². The van der Waals surface area contributed by atoms with Crippen molar-refractivity contribution in [3.05, 3.63) is 59.0 Å². The van der Waals surface area contributed by atoms with E-state index in [1.807, 2.05) is 35.8 Å². The van der Waals surface area contributed by atoms with Gasteiger partial charge in [-0.25, -0.2) is 9.67 Å². The van der Waals surface area contributed by atoms with E-state index in [-0.39, 0.29) is 11.5 Å². The van der Waals surface area contributed by atoms with Gasteiger partial charge in [-0.1, -0.05) is 25.1 Å². The summed E-state index contributed by atoms with van der Waals surface area (Å²) < 4.78 is 3.17. The summed E-state index contributed by atoms with van der Waals surface area (Å²) in [7, 11) is 1.62. The maximum atomic E-state index is 13.0. The summed E-state index contributed by atoms with van der Waals surface area (Å²) in [6.45, 7) is 2.44. The van der Waals surface area contributed by atoms with Crippen molar-refractivity contribution < 1.29 is 4.79 Å². The van der Waals surface area contributed by atoms with Gasteiger partial charge in [0.1, 0.15) is 11.6 Å². The molecule has 0 aliphatic rings. The monoisotopic (exact) mass is 378 g/mol. The smallest absolute Gasteiger partial charge is 0.291 e. The van der Waals surface area contributed by atoms with Crippen LogP contribution in [0.3, 0.4) is 0 Å². The van der Waals surface area contributed by atoms with Crippen LogP contribution in [0.2, 0.25) is 0 Å². The molecule has 3 aromatic heterocycles. The molecule has 3 heterocycles. The van der Waals surface area contributed by atoms with Gasteiger partial charge in [0.15, 0.2) is 0 Å². The summed E-state index contributed by atoms with van der Waals surface area (Å²) in [5.41, 5.74) is 2.12. The Morgan fingerprint density at radius 3 is 2.82 bits per heavy atom. The van der Waals surface area contributed by atoms with Gasteiger partial charge < -0.3 is 14.9 Å². The zero-order valence-corrected chi connectivity index (χ0v) is 15.8. The molecule has 0 fully saturated rings.